The van der Waals surface area contributed by atoms with Crippen molar-refractivity contribution in [3.8, 4) is 0 Å². The van der Waals surface area contributed by atoms with Crippen molar-refractivity contribution in [2.24, 2.45) is 0 Å². The Hall–Kier alpha value is -1.14. The predicted octanol–water partition coefficient (Wildman–Crippen LogP) is 4.08. The summed E-state index contributed by atoms with van der Waals surface area (Å²) in [7, 11) is 0. The molecule has 0 saturated heterocycles. The maximum Gasteiger partial charge on any atom is 0.144 e. The number of aromatic amines is 1. The van der Waals surface area contributed by atoms with Crippen LogP contribution in [-0.2, 0) is 6.42 Å². The van der Waals surface area contributed by atoms with E-state index < -0.39 is 11.6 Å². The standard InChI is InChI=1S/C12H9BrF2N2S/c1-6-11(13)12(18)17-10(16-6)4-7-2-3-8(14)5-9(7)15/h2-3,5H,4H2,1H3,(H,16,17,18). The molecule has 1 heterocycles. The molecule has 2 nitrogen and oxygen atoms in total. The Balaban J connectivity index is 2.37. The van der Waals surface area contributed by atoms with E-state index in [4.69, 9.17) is 12.2 Å². The van der Waals surface area contributed by atoms with Crippen LogP contribution < -0.4 is 0 Å². The molecule has 0 aliphatic carbocycles. The van der Waals surface area contributed by atoms with Crippen LogP contribution in [0.25, 0.3) is 0 Å². The lowest BCUT2D eigenvalue weighted by molar-refractivity contribution is 0.573. The maximum atomic E-state index is 13.5. The van der Waals surface area contributed by atoms with Crippen LogP contribution in [-0.4, -0.2) is 9.97 Å². The second-order valence-electron chi connectivity index (χ2n) is 3.84. The molecular weight excluding hydrogens is 322 g/mol. The second kappa shape index (κ2) is 5.24. The lowest BCUT2D eigenvalue weighted by Gasteiger charge is -2.06. The Morgan fingerprint density at radius 2 is 2.11 bits per heavy atom. The first kappa shape index (κ1) is 13.3. The Kier molecular flexibility index (Phi) is 3.87. The molecule has 0 amide bonds. The van der Waals surface area contributed by atoms with Crippen LogP contribution in [0.4, 0.5) is 8.78 Å². The number of hydrogen-bond donors (Lipinski definition) is 1. The summed E-state index contributed by atoms with van der Waals surface area (Å²) in [5.74, 6) is -0.632. The zero-order valence-electron chi connectivity index (χ0n) is 9.43. The van der Waals surface area contributed by atoms with E-state index in [1.165, 1.54) is 12.1 Å². The molecule has 2 rings (SSSR count). The minimum Gasteiger partial charge on any atom is -0.346 e. The number of benzene rings is 1. The zero-order chi connectivity index (χ0) is 13.3. The van der Waals surface area contributed by atoms with E-state index in [1.54, 1.807) is 0 Å². The normalized spacial score (nSPS) is 10.7. The highest BCUT2D eigenvalue weighted by atomic mass is 79.9. The highest BCUT2D eigenvalue weighted by Crippen LogP contribution is 2.17. The molecule has 0 fully saturated rings. The summed E-state index contributed by atoms with van der Waals surface area (Å²) in [4.78, 5) is 7.17. The summed E-state index contributed by atoms with van der Waals surface area (Å²) in [6.07, 6.45) is 0.240. The third-order valence-corrected chi connectivity index (χ3v) is 3.99. The second-order valence-corrected chi connectivity index (χ2v) is 5.02. The summed E-state index contributed by atoms with van der Waals surface area (Å²) < 4.78 is 27.4. The average Bonchev–Trinajstić information content (AvgIpc) is 2.29. The summed E-state index contributed by atoms with van der Waals surface area (Å²) in [5, 5.41) is 0. The van der Waals surface area contributed by atoms with Crippen LogP contribution in [0.2, 0.25) is 0 Å². The summed E-state index contributed by atoms with van der Waals surface area (Å²) in [5.41, 5.74) is 1.20. The highest BCUT2D eigenvalue weighted by molar-refractivity contribution is 9.10. The predicted molar refractivity (Wildman–Crippen MR) is 71.0 cm³/mol. The fourth-order valence-corrected chi connectivity index (χ4v) is 2.01. The molecule has 18 heavy (non-hydrogen) atoms. The van der Waals surface area contributed by atoms with Crippen molar-refractivity contribution in [2.45, 2.75) is 13.3 Å². The van der Waals surface area contributed by atoms with E-state index in [2.05, 4.69) is 25.9 Å². The minimum absolute atomic E-state index is 0.240. The van der Waals surface area contributed by atoms with Crippen molar-refractivity contribution in [1.29, 1.82) is 0 Å². The van der Waals surface area contributed by atoms with Crippen molar-refractivity contribution < 1.29 is 8.78 Å². The monoisotopic (exact) mass is 330 g/mol. The average molecular weight is 331 g/mol. The van der Waals surface area contributed by atoms with Gasteiger partial charge in [0.1, 0.15) is 22.1 Å². The van der Waals surface area contributed by atoms with Crippen LogP contribution >= 0.6 is 28.1 Å². The topological polar surface area (TPSA) is 28.7 Å². The van der Waals surface area contributed by atoms with Crippen molar-refractivity contribution in [1.82, 2.24) is 9.97 Å². The number of halogens is 3. The molecule has 0 saturated carbocycles. The number of hydrogen-bond acceptors (Lipinski definition) is 2. The molecule has 1 N–H and O–H groups in total. The Morgan fingerprint density at radius 1 is 1.39 bits per heavy atom. The number of rotatable bonds is 2. The Bertz CT molecular complexity index is 655. The first-order valence-electron chi connectivity index (χ1n) is 5.16. The van der Waals surface area contributed by atoms with Crippen molar-refractivity contribution in [3.63, 3.8) is 0 Å². The van der Waals surface area contributed by atoms with Gasteiger partial charge in [-0.15, -0.1) is 0 Å². The largest absolute Gasteiger partial charge is 0.346 e. The lowest BCUT2D eigenvalue weighted by Crippen LogP contribution is -2.02. The number of nitrogens with one attached hydrogen (secondary N) is 1. The van der Waals surface area contributed by atoms with E-state index >= 15 is 0 Å². The van der Waals surface area contributed by atoms with Gasteiger partial charge in [-0.3, -0.25) is 0 Å². The van der Waals surface area contributed by atoms with E-state index in [9.17, 15) is 8.78 Å². The van der Waals surface area contributed by atoms with Gasteiger partial charge in [-0.25, -0.2) is 13.8 Å². The van der Waals surface area contributed by atoms with Crippen LogP contribution in [0, 0.1) is 23.2 Å². The molecule has 2 aromatic rings. The molecular formula is C12H9BrF2N2S. The number of aryl methyl sites for hydroxylation is 1. The smallest absolute Gasteiger partial charge is 0.144 e. The minimum atomic E-state index is -0.593. The van der Waals surface area contributed by atoms with Gasteiger partial charge in [0, 0.05) is 18.2 Å². The van der Waals surface area contributed by atoms with Gasteiger partial charge in [-0.1, -0.05) is 18.3 Å². The summed E-state index contributed by atoms with van der Waals surface area (Å²) >= 11 is 8.37. The maximum absolute atomic E-state index is 13.5. The van der Waals surface area contributed by atoms with Gasteiger partial charge in [-0.2, -0.15) is 0 Å². The molecule has 94 valence electrons. The highest BCUT2D eigenvalue weighted by Gasteiger charge is 2.08. The first-order chi connectivity index (χ1) is 8.47. The molecule has 1 aromatic carbocycles. The van der Waals surface area contributed by atoms with E-state index in [1.807, 2.05) is 6.92 Å². The van der Waals surface area contributed by atoms with Crippen LogP contribution in [0.1, 0.15) is 17.1 Å². The van der Waals surface area contributed by atoms with Crippen LogP contribution in [0.15, 0.2) is 22.7 Å². The quantitative estimate of drug-likeness (QED) is 0.840. The molecule has 0 aliphatic heterocycles. The van der Waals surface area contributed by atoms with Gasteiger partial charge >= 0.3 is 0 Å². The van der Waals surface area contributed by atoms with Crippen molar-refractivity contribution in [2.75, 3.05) is 0 Å². The number of nitrogens with zero attached hydrogens (tertiary/aromatic N) is 1. The zero-order valence-corrected chi connectivity index (χ0v) is 11.8. The van der Waals surface area contributed by atoms with Gasteiger partial charge in [0.25, 0.3) is 0 Å². The SMILES string of the molecule is Cc1[nH]c(Cc2ccc(F)cc2F)nc(=S)c1Br. The molecule has 0 radical (unpaired) electrons. The Morgan fingerprint density at radius 3 is 2.72 bits per heavy atom. The molecule has 0 unspecified atom stereocenters. The van der Waals surface area contributed by atoms with Gasteiger partial charge < -0.3 is 4.98 Å². The van der Waals surface area contributed by atoms with E-state index in [0.29, 0.717) is 16.0 Å². The van der Waals surface area contributed by atoms with Crippen LogP contribution in [0.5, 0.6) is 0 Å². The molecule has 0 aliphatic rings. The van der Waals surface area contributed by atoms with Crippen LogP contribution in [0.3, 0.4) is 0 Å². The van der Waals surface area contributed by atoms with Gasteiger partial charge in [0.15, 0.2) is 0 Å². The Labute approximate surface area is 116 Å². The molecule has 0 spiro atoms. The fourth-order valence-electron chi connectivity index (χ4n) is 1.56. The summed E-state index contributed by atoms with van der Waals surface area (Å²) in [6, 6.07) is 3.48. The molecule has 1 aromatic heterocycles. The molecule has 0 bridgehead atoms. The lowest BCUT2D eigenvalue weighted by atomic mass is 10.1. The van der Waals surface area contributed by atoms with Crippen molar-refractivity contribution in [3.05, 3.63) is 56.0 Å². The molecule has 0 atom stereocenters. The van der Waals surface area contributed by atoms with Crippen molar-refractivity contribution >= 4 is 28.1 Å². The van der Waals surface area contributed by atoms with Gasteiger partial charge in [-0.05, 0) is 34.5 Å². The van der Waals surface area contributed by atoms with Gasteiger partial charge in [0.2, 0.25) is 0 Å². The number of aromatic nitrogens is 2. The fraction of sp³-hybridized carbons (Fsp3) is 0.167. The van der Waals surface area contributed by atoms with E-state index in [-0.39, 0.29) is 6.42 Å². The van der Waals surface area contributed by atoms with Gasteiger partial charge in [0.05, 0.1) is 4.47 Å². The number of H-pyrrole nitrogens is 1. The third-order valence-electron chi connectivity index (χ3n) is 2.46. The summed E-state index contributed by atoms with van der Waals surface area (Å²) in [6.45, 7) is 1.84. The third kappa shape index (κ3) is 2.81. The first-order valence-corrected chi connectivity index (χ1v) is 6.36. The molecule has 6 heteroatoms. The van der Waals surface area contributed by atoms with E-state index in [0.717, 1.165) is 16.2 Å².